The molecule has 2 aromatic carbocycles. The first-order valence-corrected chi connectivity index (χ1v) is 13.2. The Bertz CT molecular complexity index is 1110. The van der Waals surface area contributed by atoms with Crippen molar-refractivity contribution in [3.8, 4) is 5.75 Å². The van der Waals surface area contributed by atoms with Crippen molar-refractivity contribution in [2.24, 2.45) is 0 Å². The van der Waals surface area contributed by atoms with E-state index in [-0.39, 0.29) is 24.3 Å². The summed E-state index contributed by atoms with van der Waals surface area (Å²) in [7, 11) is 3.50. The van der Waals surface area contributed by atoms with E-state index in [4.69, 9.17) is 10.5 Å². The second-order valence-corrected chi connectivity index (χ2v) is 9.56. The second-order valence-electron chi connectivity index (χ2n) is 9.56. The summed E-state index contributed by atoms with van der Waals surface area (Å²) in [5.74, 6) is 0.245. The highest BCUT2D eigenvalue weighted by Gasteiger charge is 2.17. The topological polar surface area (TPSA) is 143 Å². The largest absolute Gasteiger partial charge is 0.495 e. The molecule has 0 heterocycles. The van der Waals surface area contributed by atoms with Gasteiger partial charge in [-0.15, -0.1) is 0 Å². The van der Waals surface area contributed by atoms with E-state index < -0.39 is 0 Å². The third-order valence-corrected chi connectivity index (χ3v) is 6.66. The molecule has 0 aliphatic carbocycles. The maximum Gasteiger partial charge on any atom is 0.226 e. The van der Waals surface area contributed by atoms with Crippen LogP contribution in [0.4, 0.5) is 11.4 Å². The molecule has 0 bridgehead atoms. The Balaban J connectivity index is 1.79. The molecular weight excluding hydrogens is 498 g/mol. The van der Waals surface area contributed by atoms with Crippen molar-refractivity contribution in [3.05, 3.63) is 53.1 Å². The van der Waals surface area contributed by atoms with Crippen LogP contribution in [-0.4, -0.2) is 62.7 Å². The lowest BCUT2D eigenvalue weighted by molar-refractivity contribution is -0.125. The maximum absolute atomic E-state index is 12.6. The molecule has 10 nitrogen and oxygen atoms in total. The van der Waals surface area contributed by atoms with Crippen LogP contribution < -0.4 is 26.4 Å². The summed E-state index contributed by atoms with van der Waals surface area (Å²) in [5, 5.41) is 8.47. The summed E-state index contributed by atoms with van der Waals surface area (Å²) in [4.78, 5) is 48.4. The molecule has 3 amide bonds. The van der Waals surface area contributed by atoms with Crippen molar-refractivity contribution in [1.29, 1.82) is 0 Å². The smallest absolute Gasteiger partial charge is 0.226 e. The summed E-state index contributed by atoms with van der Waals surface area (Å²) < 4.78 is 5.26. The van der Waals surface area contributed by atoms with Crippen LogP contribution in [0.25, 0.3) is 0 Å². The van der Waals surface area contributed by atoms with Gasteiger partial charge in [0.15, 0.2) is 0 Å². The van der Waals surface area contributed by atoms with E-state index in [1.807, 2.05) is 37.1 Å². The summed E-state index contributed by atoms with van der Waals surface area (Å²) in [6, 6.07) is 11.1. The minimum atomic E-state index is -0.330. The number of anilines is 2. The fourth-order valence-electron chi connectivity index (χ4n) is 4.15. The van der Waals surface area contributed by atoms with Gasteiger partial charge in [-0.1, -0.05) is 18.2 Å². The number of carbonyl (C=O) groups is 4. The average Bonchev–Trinajstić information content (AvgIpc) is 2.92. The van der Waals surface area contributed by atoms with Crippen molar-refractivity contribution < 1.29 is 23.9 Å². The quantitative estimate of drug-likeness (QED) is 0.129. The lowest BCUT2D eigenvalue weighted by Gasteiger charge is -2.26. The number of ether oxygens (including phenoxy) is 1. The molecule has 2 aromatic rings. The number of amides is 3. The predicted molar refractivity (Wildman–Crippen MR) is 153 cm³/mol. The Labute approximate surface area is 230 Å². The molecule has 0 radical (unpaired) electrons. The standard InChI is InChI=1S/C29H41N5O5/c1-21(11-14-28(37)32-20-36)34(2)18-24-23(19-35)8-4-9-26(24)33-29(38)10-6-16-31-15-5-7-22-12-13-25(30)27(17-22)39-3/h4,8-9,12-13,17,19-21,31H,5-7,10-11,14-16,18,30H2,1-3H3,(H,33,38)(H,32,36,37). The number of nitrogens with one attached hydrogen (secondary N) is 3. The zero-order valence-corrected chi connectivity index (χ0v) is 23.1. The molecule has 1 unspecified atom stereocenters. The van der Waals surface area contributed by atoms with Gasteiger partial charge in [0.2, 0.25) is 18.2 Å². The molecule has 1 atom stereocenters. The molecule has 0 aromatic heterocycles. The van der Waals surface area contributed by atoms with Crippen LogP contribution in [0.15, 0.2) is 36.4 Å². The van der Waals surface area contributed by atoms with Gasteiger partial charge in [0.05, 0.1) is 12.8 Å². The zero-order valence-electron chi connectivity index (χ0n) is 23.1. The van der Waals surface area contributed by atoms with E-state index in [1.165, 1.54) is 5.56 Å². The molecule has 5 N–H and O–H groups in total. The second kappa shape index (κ2) is 17.0. The minimum absolute atomic E-state index is 0.0128. The summed E-state index contributed by atoms with van der Waals surface area (Å²) in [6.45, 7) is 3.94. The van der Waals surface area contributed by atoms with E-state index in [1.54, 1.807) is 25.3 Å². The number of hydrogen-bond acceptors (Lipinski definition) is 8. The van der Waals surface area contributed by atoms with Gasteiger partial charge in [0.1, 0.15) is 12.0 Å². The first kappa shape index (κ1) is 31.5. The van der Waals surface area contributed by atoms with E-state index in [2.05, 4.69) is 16.0 Å². The average molecular weight is 540 g/mol. The molecule has 2 rings (SSSR count). The monoisotopic (exact) mass is 539 g/mol. The van der Waals surface area contributed by atoms with Gasteiger partial charge in [0, 0.05) is 42.2 Å². The lowest BCUT2D eigenvalue weighted by Crippen LogP contribution is -2.31. The van der Waals surface area contributed by atoms with E-state index in [0.717, 1.165) is 37.8 Å². The van der Waals surface area contributed by atoms with Crippen molar-refractivity contribution in [2.45, 2.75) is 58.0 Å². The Morgan fingerprint density at radius 3 is 2.56 bits per heavy atom. The van der Waals surface area contributed by atoms with Gasteiger partial charge in [0.25, 0.3) is 0 Å². The molecular formula is C29H41N5O5. The van der Waals surface area contributed by atoms with Gasteiger partial charge in [-0.3, -0.25) is 29.4 Å². The fraction of sp³-hybridized carbons (Fsp3) is 0.448. The van der Waals surface area contributed by atoms with Gasteiger partial charge < -0.3 is 21.1 Å². The van der Waals surface area contributed by atoms with Crippen LogP contribution in [0.3, 0.4) is 0 Å². The predicted octanol–water partition coefficient (Wildman–Crippen LogP) is 2.90. The van der Waals surface area contributed by atoms with Gasteiger partial charge in [-0.25, -0.2) is 0 Å². The number of rotatable bonds is 18. The molecule has 0 fully saturated rings. The molecule has 0 aliphatic heterocycles. The third-order valence-electron chi connectivity index (χ3n) is 6.66. The Morgan fingerprint density at radius 1 is 1.08 bits per heavy atom. The molecule has 10 heteroatoms. The molecule has 0 aliphatic rings. The molecule has 212 valence electrons. The molecule has 0 saturated carbocycles. The van der Waals surface area contributed by atoms with Gasteiger partial charge in [-0.2, -0.15) is 0 Å². The van der Waals surface area contributed by atoms with Crippen LogP contribution in [0.2, 0.25) is 0 Å². The highest BCUT2D eigenvalue weighted by atomic mass is 16.5. The van der Waals surface area contributed by atoms with E-state index in [9.17, 15) is 19.2 Å². The lowest BCUT2D eigenvalue weighted by atomic mass is 10.0. The number of benzene rings is 2. The van der Waals surface area contributed by atoms with Crippen molar-refractivity contribution >= 4 is 35.9 Å². The highest BCUT2D eigenvalue weighted by Crippen LogP contribution is 2.24. The summed E-state index contributed by atoms with van der Waals surface area (Å²) in [6.07, 6.45) is 4.81. The zero-order chi connectivity index (χ0) is 28.6. The number of nitrogens with two attached hydrogens (primary N) is 1. The normalized spacial score (nSPS) is 11.6. The number of nitrogens with zero attached hydrogens (tertiary/aromatic N) is 1. The van der Waals surface area contributed by atoms with E-state index in [0.29, 0.717) is 54.9 Å². The van der Waals surface area contributed by atoms with Crippen LogP contribution in [0, 0.1) is 0 Å². The number of nitrogen functional groups attached to an aromatic ring is 1. The van der Waals surface area contributed by atoms with E-state index >= 15 is 0 Å². The van der Waals surface area contributed by atoms with Gasteiger partial charge >= 0.3 is 0 Å². The van der Waals surface area contributed by atoms with Crippen LogP contribution in [0.1, 0.15) is 60.5 Å². The van der Waals surface area contributed by atoms with Crippen LogP contribution in [-0.2, 0) is 27.3 Å². The van der Waals surface area contributed by atoms with Crippen molar-refractivity contribution in [3.63, 3.8) is 0 Å². The number of aryl methyl sites for hydroxylation is 1. The van der Waals surface area contributed by atoms with Crippen LogP contribution in [0.5, 0.6) is 5.75 Å². The Morgan fingerprint density at radius 2 is 1.85 bits per heavy atom. The fourth-order valence-corrected chi connectivity index (χ4v) is 4.15. The summed E-state index contributed by atoms with van der Waals surface area (Å²) >= 11 is 0. The van der Waals surface area contributed by atoms with Crippen molar-refractivity contribution in [1.82, 2.24) is 15.5 Å². The molecule has 0 spiro atoms. The number of hydrogen-bond donors (Lipinski definition) is 4. The highest BCUT2D eigenvalue weighted by molar-refractivity contribution is 5.93. The number of carbonyl (C=O) groups excluding carboxylic acids is 4. The van der Waals surface area contributed by atoms with Crippen molar-refractivity contribution in [2.75, 3.05) is 38.3 Å². The maximum atomic E-state index is 12.6. The summed E-state index contributed by atoms with van der Waals surface area (Å²) in [5.41, 5.74) is 9.49. The number of aldehydes is 1. The minimum Gasteiger partial charge on any atom is -0.495 e. The number of imide groups is 1. The number of methoxy groups -OCH3 is 1. The Hall–Kier alpha value is -3.76. The van der Waals surface area contributed by atoms with Crippen LogP contribution >= 0.6 is 0 Å². The first-order valence-electron chi connectivity index (χ1n) is 13.2. The SMILES string of the molecule is COc1cc(CCCNCCCC(=O)Nc2cccc(C=O)c2CN(C)C(C)CCC(=O)NC=O)ccc1N. The first-order chi connectivity index (χ1) is 18.8. The molecule has 0 saturated heterocycles. The third kappa shape index (κ3) is 10.9. The van der Waals surface area contributed by atoms with Gasteiger partial charge in [-0.05, 0) is 76.5 Å². The Kier molecular flexibility index (Phi) is 13.7. The molecule has 39 heavy (non-hydrogen) atoms.